The summed E-state index contributed by atoms with van der Waals surface area (Å²) in [5.74, 6) is 0. The Kier molecular flexibility index (Phi) is 3.80. The number of aromatic nitrogens is 1. The molecule has 1 aromatic heterocycles. The van der Waals surface area contributed by atoms with Crippen LogP contribution in [-0.4, -0.2) is 16.4 Å². The molecule has 3 rings (SSSR count). The fourth-order valence-electron chi connectivity index (χ4n) is 2.43. The van der Waals surface area contributed by atoms with Gasteiger partial charge in [0.05, 0.1) is 0 Å². The standard InChI is InChI=1S/C15H19N3S/c1-2-7-16-15-17-8-14(19-15)11-18-9-12-5-3-4-6-13(12)10-18/h3-6,8H,2,7,9-11H2,1H3,(H,16,17). The summed E-state index contributed by atoms with van der Waals surface area (Å²) in [5.41, 5.74) is 2.94. The first kappa shape index (κ1) is 12.6. The van der Waals surface area contributed by atoms with Crippen LogP contribution in [0, 0.1) is 0 Å². The number of nitrogens with one attached hydrogen (secondary N) is 1. The number of nitrogens with zero attached hydrogens (tertiary/aromatic N) is 2. The van der Waals surface area contributed by atoms with Crippen LogP contribution in [0.3, 0.4) is 0 Å². The summed E-state index contributed by atoms with van der Waals surface area (Å²) in [5, 5.41) is 4.40. The van der Waals surface area contributed by atoms with Crippen LogP contribution in [0.2, 0.25) is 0 Å². The Bertz CT molecular complexity index is 525. The molecule has 0 aliphatic carbocycles. The molecule has 0 amide bonds. The molecule has 1 aliphatic heterocycles. The van der Waals surface area contributed by atoms with Crippen molar-refractivity contribution in [2.45, 2.75) is 33.0 Å². The minimum Gasteiger partial charge on any atom is -0.362 e. The molecule has 0 saturated carbocycles. The average Bonchev–Trinajstić information content (AvgIpc) is 3.02. The van der Waals surface area contributed by atoms with Gasteiger partial charge in [0.15, 0.2) is 5.13 Å². The average molecular weight is 273 g/mol. The minimum atomic E-state index is 1.00. The van der Waals surface area contributed by atoms with Crippen LogP contribution < -0.4 is 5.32 Å². The van der Waals surface area contributed by atoms with Gasteiger partial charge in [-0.1, -0.05) is 31.2 Å². The van der Waals surface area contributed by atoms with Gasteiger partial charge in [-0.2, -0.15) is 0 Å². The molecule has 4 heteroatoms. The van der Waals surface area contributed by atoms with E-state index in [1.807, 2.05) is 6.20 Å². The lowest BCUT2D eigenvalue weighted by atomic mass is 10.1. The maximum atomic E-state index is 4.43. The van der Waals surface area contributed by atoms with Crippen molar-refractivity contribution in [1.82, 2.24) is 9.88 Å². The Hall–Kier alpha value is -1.39. The highest BCUT2D eigenvalue weighted by atomic mass is 32.1. The van der Waals surface area contributed by atoms with Gasteiger partial charge in [0.25, 0.3) is 0 Å². The van der Waals surface area contributed by atoms with Gasteiger partial charge in [-0.05, 0) is 17.5 Å². The van der Waals surface area contributed by atoms with Crippen molar-refractivity contribution in [2.24, 2.45) is 0 Å². The zero-order valence-corrected chi connectivity index (χ0v) is 12.0. The Balaban J connectivity index is 1.60. The second-order valence-corrected chi connectivity index (χ2v) is 6.09. The SMILES string of the molecule is CCCNc1ncc(CN2Cc3ccccc3C2)s1. The number of hydrogen-bond acceptors (Lipinski definition) is 4. The summed E-state index contributed by atoms with van der Waals surface area (Å²) in [7, 11) is 0. The summed E-state index contributed by atoms with van der Waals surface area (Å²) in [6.07, 6.45) is 3.14. The molecule has 1 aliphatic rings. The van der Waals surface area contributed by atoms with E-state index in [-0.39, 0.29) is 0 Å². The van der Waals surface area contributed by atoms with E-state index in [4.69, 9.17) is 0 Å². The number of rotatable bonds is 5. The van der Waals surface area contributed by atoms with Crippen LogP contribution in [0.4, 0.5) is 5.13 Å². The van der Waals surface area contributed by atoms with Gasteiger partial charge in [0, 0.05) is 37.3 Å². The molecule has 0 unspecified atom stereocenters. The third-order valence-electron chi connectivity index (χ3n) is 3.37. The van der Waals surface area contributed by atoms with E-state index in [0.29, 0.717) is 0 Å². The smallest absolute Gasteiger partial charge is 0.182 e. The predicted molar refractivity (Wildman–Crippen MR) is 80.3 cm³/mol. The van der Waals surface area contributed by atoms with E-state index in [1.54, 1.807) is 11.3 Å². The van der Waals surface area contributed by atoms with E-state index in [9.17, 15) is 0 Å². The van der Waals surface area contributed by atoms with E-state index < -0.39 is 0 Å². The minimum absolute atomic E-state index is 1.00. The zero-order chi connectivity index (χ0) is 13.1. The van der Waals surface area contributed by atoms with Crippen molar-refractivity contribution >= 4 is 16.5 Å². The van der Waals surface area contributed by atoms with Crippen molar-refractivity contribution in [2.75, 3.05) is 11.9 Å². The van der Waals surface area contributed by atoms with Crippen LogP contribution in [0.15, 0.2) is 30.5 Å². The summed E-state index contributed by atoms with van der Waals surface area (Å²) in [6.45, 7) is 6.29. The molecule has 100 valence electrons. The van der Waals surface area contributed by atoms with Crippen molar-refractivity contribution in [1.29, 1.82) is 0 Å². The molecule has 1 aromatic carbocycles. The fraction of sp³-hybridized carbons (Fsp3) is 0.400. The van der Waals surface area contributed by atoms with Crippen LogP contribution in [0.25, 0.3) is 0 Å². The molecule has 2 heterocycles. The van der Waals surface area contributed by atoms with Crippen LogP contribution in [0.1, 0.15) is 29.3 Å². The zero-order valence-electron chi connectivity index (χ0n) is 11.2. The molecule has 0 saturated heterocycles. The van der Waals surface area contributed by atoms with Crippen LogP contribution in [0.5, 0.6) is 0 Å². The number of fused-ring (bicyclic) bond motifs is 1. The third-order valence-corrected chi connectivity index (χ3v) is 4.31. The largest absolute Gasteiger partial charge is 0.362 e. The van der Waals surface area contributed by atoms with Crippen molar-refractivity contribution in [3.63, 3.8) is 0 Å². The first-order chi connectivity index (χ1) is 9.35. The number of anilines is 1. The highest BCUT2D eigenvalue weighted by molar-refractivity contribution is 7.15. The van der Waals surface area contributed by atoms with Gasteiger partial charge < -0.3 is 5.32 Å². The van der Waals surface area contributed by atoms with E-state index in [2.05, 4.69) is 46.4 Å². The summed E-state index contributed by atoms with van der Waals surface area (Å²) in [4.78, 5) is 8.24. The molecule has 19 heavy (non-hydrogen) atoms. The van der Waals surface area contributed by atoms with Gasteiger partial charge in [-0.3, -0.25) is 4.90 Å². The Morgan fingerprint density at radius 2 is 2.00 bits per heavy atom. The fourth-order valence-corrected chi connectivity index (χ4v) is 3.31. The van der Waals surface area contributed by atoms with E-state index in [0.717, 1.165) is 37.7 Å². The van der Waals surface area contributed by atoms with Crippen molar-refractivity contribution in [3.8, 4) is 0 Å². The van der Waals surface area contributed by atoms with Crippen LogP contribution >= 0.6 is 11.3 Å². The summed E-state index contributed by atoms with van der Waals surface area (Å²) in [6, 6.07) is 8.72. The van der Waals surface area contributed by atoms with Crippen molar-refractivity contribution < 1.29 is 0 Å². The molecule has 0 radical (unpaired) electrons. The predicted octanol–water partition coefficient (Wildman–Crippen LogP) is 3.48. The Morgan fingerprint density at radius 3 is 2.68 bits per heavy atom. The quantitative estimate of drug-likeness (QED) is 0.904. The highest BCUT2D eigenvalue weighted by Crippen LogP contribution is 2.26. The normalized spacial score (nSPS) is 14.6. The number of hydrogen-bond donors (Lipinski definition) is 1. The van der Waals surface area contributed by atoms with Crippen LogP contribution in [-0.2, 0) is 19.6 Å². The number of benzene rings is 1. The molecular weight excluding hydrogens is 254 g/mol. The summed E-state index contributed by atoms with van der Waals surface area (Å²) < 4.78 is 0. The summed E-state index contributed by atoms with van der Waals surface area (Å²) >= 11 is 1.77. The third kappa shape index (κ3) is 2.96. The topological polar surface area (TPSA) is 28.2 Å². The van der Waals surface area contributed by atoms with E-state index >= 15 is 0 Å². The van der Waals surface area contributed by atoms with Gasteiger partial charge in [0.1, 0.15) is 0 Å². The van der Waals surface area contributed by atoms with Gasteiger partial charge >= 0.3 is 0 Å². The molecular formula is C15H19N3S. The molecule has 0 spiro atoms. The molecule has 3 nitrogen and oxygen atoms in total. The maximum Gasteiger partial charge on any atom is 0.182 e. The first-order valence-electron chi connectivity index (χ1n) is 6.83. The Labute approximate surface area is 118 Å². The molecule has 0 atom stereocenters. The maximum absolute atomic E-state index is 4.43. The van der Waals surface area contributed by atoms with Gasteiger partial charge in [0.2, 0.25) is 0 Å². The lowest BCUT2D eigenvalue weighted by Gasteiger charge is -2.12. The number of thiazole rings is 1. The second-order valence-electron chi connectivity index (χ2n) is 4.97. The second kappa shape index (κ2) is 5.72. The van der Waals surface area contributed by atoms with Gasteiger partial charge in [-0.15, -0.1) is 11.3 Å². The lowest BCUT2D eigenvalue weighted by Crippen LogP contribution is -2.14. The van der Waals surface area contributed by atoms with Gasteiger partial charge in [-0.25, -0.2) is 4.98 Å². The molecule has 1 N–H and O–H groups in total. The van der Waals surface area contributed by atoms with Crippen molar-refractivity contribution in [3.05, 3.63) is 46.5 Å². The molecule has 0 fully saturated rings. The van der Waals surface area contributed by atoms with E-state index in [1.165, 1.54) is 16.0 Å². The first-order valence-corrected chi connectivity index (χ1v) is 7.64. The lowest BCUT2D eigenvalue weighted by molar-refractivity contribution is 0.278. The highest BCUT2D eigenvalue weighted by Gasteiger charge is 2.18. The monoisotopic (exact) mass is 273 g/mol. The molecule has 0 bridgehead atoms. The molecule has 2 aromatic rings. The Morgan fingerprint density at radius 1 is 1.26 bits per heavy atom.